The quantitative estimate of drug-likeness (QED) is 0.0730. The number of hydrogen-bond acceptors (Lipinski definition) is 2. The molecule has 0 radical (unpaired) electrons. The van der Waals surface area contributed by atoms with Gasteiger partial charge in [0.05, 0.1) is 32.3 Å². The molecule has 0 bridgehead atoms. The first-order valence-electron chi connectivity index (χ1n) is 13.2. The zero-order valence-electron chi connectivity index (χ0n) is 23.0. The molecule has 0 saturated carbocycles. The predicted octanol–water partition coefficient (Wildman–Crippen LogP) is 11.7. The molecule has 0 amide bonds. The van der Waals surface area contributed by atoms with Crippen LogP contribution in [0.25, 0.3) is 76.5 Å². The van der Waals surface area contributed by atoms with Crippen molar-refractivity contribution in [3.63, 3.8) is 0 Å². The van der Waals surface area contributed by atoms with Crippen molar-refractivity contribution in [3.8, 4) is 11.5 Å². The fourth-order valence-electron chi connectivity index (χ4n) is 6.09. The van der Waals surface area contributed by atoms with E-state index in [1.54, 1.807) is 0 Å². The highest BCUT2D eigenvalue weighted by molar-refractivity contribution is 6.15. The van der Waals surface area contributed by atoms with Crippen LogP contribution in [0.2, 0.25) is 0 Å². The lowest BCUT2D eigenvalue weighted by molar-refractivity contribution is 0.415. The predicted molar refractivity (Wildman–Crippen MR) is 141 cm³/mol. The Morgan fingerprint density at radius 2 is 0.460 bits per heavy atom. The van der Waals surface area contributed by atoms with Crippen molar-refractivity contribution in [3.05, 3.63) is 105 Å². The van der Waals surface area contributed by atoms with E-state index >= 15 is 35.1 Å². The second kappa shape index (κ2) is 9.95. The summed E-state index contributed by atoms with van der Waals surface area (Å²) in [6.07, 6.45) is 0. The number of halogens is 16. The number of fused-ring (bicyclic) bond motifs is 8. The lowest BCUT2D eigenvalue weighted by Crippen LogP contribution is -2.04. The van der Waals surface area contributed by atoms with E-state index in [0.29, 0.717) is 12.1 Å². The summed E-state index contributed by atoms with van der Waals surface area (Å²) in [5.74, 6) is -40.1. The summed E-state index contributed by atoms with van der Waals surface area (Å²) in [5.41, 5.74) is -2.69. The normalized spacial score (nSPS) is 12.4. The minimum Gasteiger partial charge on any atom is -0.450 e. The monoisotopic (exact) mass is 722 g/mol. The molecular weight excluding hydrogens is 720 g/mol. The number of furan rings is 2. The Balaban J connectivity index is 1.49. The minimum absolute atomic E-state index is 0.469. The summed E-state index contributed by atoms with van der Waals surface area (Å²) in [5, 5.41) is -16.1. The highest BCUT2D eigenvalue weighted by atomic mass is 19.2. The maximum absolute atomic E-state index is 15.7. The largest absolute Gasteiger partial charge is 0.450 e. The van der Waals surface area contributed by atoms with E-state index in [1.807, 2.05) is 0 Å². The summed E-state index contributed by atoms with van der Waals surface area (Å²) in [7, 11) is 0. The van der Waals surface area contributed by atoms with Crippen molar-refractivity contribution in [2.24, 2.45) is 0 Å². The van der Waals surface area contributed by atoms with E-state index < -0.39 is 170 Å². The van der Waals surface area contributed by atoms with Gasteiger partial charge in [0.2, 0.25) is 11.6 Å². The fraction of sp³-hybridized carbons (Fsp3) is 0. The first-order valence-corrected chi connectivity index (χ1v) is 13.2. The van der Waals surface area contributed by atoms with Gasteiger partial charge >= 0.3 is 0 Å². The highest BCUT2D eigenvalue weighted by Crippen LogP contribution is 2.46. The molecule has 8 aromatic rings. The molecule has 2 heterocycles. The Morgan fingerprint density at radius 3 is 0.740 bits per heavy atom. The molecule has 6 aromatic carbocycles. The molecule has 8 rings (SSSR count). The summed E-state index contributed by atoms with van der Waals surface area (Å²) in [6.45, 7) is 0. The van der Waals surface area contributed by atoms with Crippen molar-refractivity contribution in [2.75, 3.05) is 0 Å². The Labute approximate surface area is 261 Å². The van der Waals surface area contributed by atoms with E-state index in [9.17, 15) is 35.1 Å². The second-order valence-corrected chi connectivity index (χ2v) is 10.7. The molecule has 0 spiro atoms. The lowest BCUT2D eigenvalue weighted by atomic mass is 9.97. The van der Waals surface area contributed by atoms with Crippen LogP contribution in [0.5, 0.6) is 0 Å². The van der Waals surface area contributed by atoms with Crippen molar-refractivity contribution in [1.29, 1.82) is 0 Å². The van der Waals surface area contributed by atoms with Crippen LogP contribution in [-0.4, -0.2) is 0 Å². The highest BCUT2D eigenvalue weighted by Gasteiger charge is 2.35. The van der Waals surface area contributed by atoms with Crippen LogP contribution in [0.15, 0.2) is 21.0 Å². The van der Waals surface area contributed by atoms with E-state index in [4.69, 9.17) is 8.83 Å². The first-order chi connectivity index (χ1) is 23.5. The van der Waals surface area contributed by atoms with Crippen molar-refractivity contribution >= 4 is 65.0 Å². The van der Waals surface area contributed by atoms with E-state index in [-0.39, 0.29) is 0 Å². The molecular formula is C32H2F16O2. The Kier molecular flexibility index (Phi) is 6.28. The Morgan fingerprint density at radius 1 is 0.240 bits per heavy atom. The average Bonchev–Trinajstić information content (AvgIpc) is 3.73. The molecule has 0 aliphatic heterocycles. The SMILES string of the molecule is Fc1c(F)c(F)c2c(F)c3c(c(F)c(F)c4oc(-c5cc6c(o5)c(F)c(F)c5c(F)c7c(F)c(F)c(F)c(F)c7c(F)c56)cc43)c(F)c2c1F. The van der Waals surface area contributed by atoms with Crippen LogP contribution in [0.1, 0.15) is 0 Å². The van der Waals surface area contributed by atoms with Gasteiger partial charge in [-0.05, 0) is 12.1 Å². The summed E-state index contributed by atoms with van der Waals surface area (Å²) < 4.78 is 247. The molecule has 50 heavy (non-hydrogen) atoms. The Bertz CT molecular complexity index is 2740. The van der Waals surface area contributed by atoms with Crippen molar-refractivity contribution < 1.29 is 79.1 Å². The van der Waals surface area contributed by atoms with Gasteiger partial charge in [-0.25, -0.2) is 61.5 Å². The zero-order valence-corrected chi connectivity index (χ0v) is 23.0. The van der Waals surface area contributed by atoms with Gasteiger partial charge in [-0.2, -0.15) is 8.78 Å². The molecule has 0 aliphatic rings. The molecule has 0 unspecified atom stereocenters. The van der Waals surface area contributed by atoms with Gasteiger partial charge in [-0.3, -0.25) is 0 Å². The number of benzene rings is 6. The van der Waals surface area contributed by atoms with Gasteiger partial charge in [-0.15, -0.1) is 0 Å². The third kappa shape index (κ3) is 3.57. The van der Waals surface area contributed by atoms with Gasteiger partial charge in [-0.1, -0.05) is 0 Å². The molecule has 2 aromatic heterocycles. The van der Waals surface area contributed by atoms with Gasteiger partial charge in [0.25, 0.3) is 0 Å². The van der Waals surface area contributed by atoms with Crippen LogP contribution < -0.4 is 0 Å². The third-order valence-electron chi connectivity index (χ3n) is 8.26. The molecule has 0 aliphatic carbocycles. The maximum atomic E-state index is 15.7. The topological polar surface area (TPSA) is 26.3 Å². The molecule has 0 fully saturated rings. The lowest BCUT2D eigenvalue weighted by Gasteiger charge is -2.12. The molecule has 0 saturated heterocycles. The molecule has 0 N–H and O–H groups in total. The standard InChI is InChI=1S/C32H2F16O2/c33-15-7-3-1-5(49-31(3)29(47)23(41)9(7)17(35)13-11(15)19(37)25(43)27(45)21(13)39)6-2-4-8-10(24(42)30(48)32(4)50-6)18(36)14-12(16(8)34)20(38)26(44)28(46)22(14)40/h1-2H. The molecule has 2 nitrogen and oxygen atoms in total. The third-order valence-corrected chi connectivity index (χ3v) is 8.26. The molecule has 0 atom stereocenters. The van der Waals surface area contributed by atoms with Gasteiger partial charge in [0.15, 0.2) is 80.9 Å². The minimum atomic E-state index is -2.62. The Hall–Kier alpha value is -5.68. The van der Waals surface area contributed by atoms with Crippen molar-refractivity contribution in [1.82, 2.24) is 0 Å². The summed E-state index contributed by atoms with van der Waals surface area (Å²) in [4.78, 5) is 0. The molecule has 254 valence electrons. The summed E-state index contributed by atoms with van der Waals surface area (Å²) >= 11 is 0. The van der Waals surface area contributed by atoms with Gasteiger partial charge in [0, 0.05) is 21.5 Å². The van der Waals surface area contributed by atoms with E-state index in [0.717, 1.165) is 0 Å². The van der Waals surface area contributed by atoms with E-state index in [1.165, 1.54) is 0 Å². The average molecular weight is 722 g/mol. The smallest absolute Gasteiger partial charge is 0.202 e. The number of rotatable bonds is 1. The van der Waals surface area contributed by atoms with Gasteiger partial charge in [0.1, 0.15) is 23.3 Å². The summed E-state index contributed by atoms with van der Waals surface area (Å²) in [6, 6.07) is 0.937. The van der Waals surface area contributed by atoms with E-state index in [2.05, 4.69) is 0 Å². The van der Waals surface area contributed by atoms with Crippen LogP contribution in [0, 0.1) is 93.1 Å². The maximum Gasteiger partial charge on any atom is 0.202 e. The zero-order chi connectivity index (χ0) is 36.1. The first kappa shape index (κ1) is 31.6. The van der Waals surface area contributed by atoms with Crippen LogP contribution >= 0.6 is 0 Å². The van der Waals surface area contributed by atoms with Crippen LogP contribution in [-0.2, 0) is 0 Å². The fourth-order valence-corrected chi connectivity index (χ4v) is 6.09. The van der Waals surface area contributed by atoms with Crippen LogP contribution in [0.4, 0.5) is 70.2 Å². The second-order valence-electron chi connectivity index (χ2n) is 10.7. The van der Waals surface area contributed by atoms with Crippen LogP contribution in [0.3, 0.4) is 0 Å². The van der Waals surface area contributed by atoms with Gasteiger partial charge < -0.3 is 8.83 Å². The molecule has 18 heteroatoms. The number of hydrogen-bond donors (Lipinski definition) is 0. The van der Waals surface area contributed by atoms with Crippen molar-refractivity contribution in [2.45, 2.75) is 0 Å².